The van der Waals surface area contributed by atoms with Gasteiger partial charge in [0.2, 0.25) is 0 Å². The minimum absolute atomic E-state index is 0.0273. The summed E-state index contributed by atoms with van der Waals surface area (Å²) in [5.74, 6) is 1.66. The van der Waals surface area contributed by atoms with Crippen molar-refractivity contribution in [3.8, 4) is 0 Å². The molecule has 5 heteroatoms. The Labute approximate surface area is 162 Å². The number of hydrogen-bond donors (Lipinski definition) is 2. The number of nitrogens with two attached hydrogens (primary N) is 1. The molecule has 26 heavy (non-hydrogen) atoms. The summed E-state index contributed by atoms with van der Waals surface area (Å²) in [6.07, 6.45) is 7.40. The fourth-order valence-electron chi connectivity index (χ4n) is 3.61. The van der Waals surface area contributed by atoms with E-state index in [4.69, 9.17) is 5.73 Å². The number of aliphatic imine (C=N–C) groups is 1. The maximum atomic E-state index is 12.3. The number of amidine groups is 1. The molecule has 0 radical (unpaired) electrons. The molecule has 3 rings (SSSR count). The summed E-state index contributed by atoms with van der Waals surface area (Å²) < 4.78 is 0. The second-order valence-electron chi connectivity index (χ2n) is 7.11. The number of thioether (sulfide) groups is 1. The second-order valence-corrected chi connectivity index (χ2v) is 8.23. The van der Waals surface area contributed by atoms with Crippen LogP contribution >= 0.6 is 11.8 Å². The molecule has 0 spiro atoms. The quantitative estimate of drug-likeness (QED) is 0.802. The number of nitrogens with zero attached hydrogens (tertiary/aromatic N) is 1. The highest BCUT2D eigenvalue weighted by atomic mass is 32.2. The van der Waals surface area contributed by atoms with Crippen LogP contribution in [0.25, 0.3) is 0 Å². The van der Waals surface area contributed by atoms with E-state index in [1.807, 2.05) is 38.1 Å². The van der Waals surface area contributed by atoms with Gasteiger partial charge in [-0.15, -0.1) is 0 Å². The van der Waals surface area contributed by atoms with Gasteiger partial charge in [-0.05, 0) is 49.8 Å². The van der Waals surface area contributed by atoms with Crippen LogP contribution in [0.3, 0.4) is 0 Å². The average molecular weight is 376 g/mol. The fourth-order valence-corrected chi connectivity index (χ4v) is 4.58. The highest BCUT2D eigenvalue weighted by Crippen LogP contribution is 2.34. The molecule has 4 nitrogen and oxygen atoms in total. The normalized spacial score (nSPS) is 23.4. The molecule has 1 aromatic carbocycles. The van der Waals surface area contributed by atoms with E-state index in [0.717, 1.165) is 29.8 Å². The summed E-state index contributed by atoms with van der Waals surface area (Å²) in [6.45, 7) is 6.91. The minimum atomic E-state index is -0.271. The first-order chi connectivity index (χ1) is 12.6. The standard InChI is InChI=1S/C19H27N3OS.C2H6/c1-19(11-12-24-18(20)22-19)16-9-7-15(8-10-16)17(23)21-13-14-5-3-2-4-6-14;1-2/h7-10,14H,2-6,11-13H2,1H3,(H2,20,22)(H,21,23);1-2H3. The van der Waals surface area contributed by atoms with Crippen LogP contribution in [0.2, 0.25) is 0 Å². The Kier molecular flexibility index (Phi) is 8.01. The van der Waals surface area contributed by atoms with Crippen LogP contribution in [0.4, 0.5) is 0 Å². The number of nitrogens with one attached hydrogen (secondary N) is 1. The number of carbonyl (C=O) groups is 1. The predicted molar refractivity (Wildman–Crippen MR) is 113 cm³/mol. The predicted octanol–water partition coefficient (Wildman–Crippen LogP) is 4.69. The van der Waals surface area contributed by atoms with Crippen molar-refractivity contribution in [2.45, 2.75) is 64.8 Å². The van der Waals surface area contributed by atoms with Crippen LogP contribution < -0.4 is 11.1 Å². The zero-order valence-corrected chi connectivity index (χ0v) is 17.2. The molecule has 1 aliphatic carbocycles. The lowest BCUT2D eigenvalue weighted by Gasteiger charge is -2.29. The lowest BCUT2D eigenvalue weighted by atomic mass is 9.89. The molecule has 1 amide bonds. The van der Waals surface area contributed by atoms with Gasteiger partial charge in [-0.1, -0.05) is 57.0 Å². The first-order valence-corrected chi connectivity index (χ1v) is 10.9. The topological polar surface area (TPSA) is 67.5 Å². The van der Waals surface area contributed by atoms with E-state index in [2.05, 4.69) is 17.2 Å². The number of amides is 1. The van der Waals surface area contributed by atoms with Gasteiger partial charge in [-0.2, -0.15) is 0 Å². The first kappa shape index (κ1) is 20.8. The number of hydrogen-bond acceptors (Lipinski definition) is 4. The molecule has 1 saturated carbocycles. The fraction of sp³-hybridized carbons (Fsp3) is 0.619. The molecular weight excluding hydrogens is 342 g/mol. The molecule has 2 aliphatic rings. The van der Waals surface area contributed by atoms with E-state index in [-0.39, 0.29) is 11.4 Å². The molecule has 1 heterocycles. The van der Waals surface area contributed by atoms with E-state index in [1.54, 1.807) is 11.8 Å². The Bertz CT molecular complexity index is 608. The van der Waals surface area contributed by atoms with Gasteiger partial charge >= 0.3 is 0 Å². The van der Waals surface area contributed by atoms with E-state index >= 15 is 0 Å². The molecule has 144 valence electrons. The van der Waals surface area contributed by atoms with Crippen LogP contribution in [0, 0.1) is 5.92 Å². The van der Waals surface area contributed by atoms with Gasteiger partial charge in [0, 0.05) is 17.9 Å². The molecule has 3 N–H and O–H groups in total. The van der Waals surface area contributed by atoms with Crippen molar-refractivity contribution in [1.29, 1.82) is 0 Å². The van der Waals surface area contributed by atoms with E-state index < -0.39 is 0 Å². The third-order valence-electron chi connectivity index (χ3n) is 5.24. The zero-order valence-electron chi connectivity index (χ0n) is 16.4. The van der Waals surface area contributed by atoms with E-state index in [9.17, 15) is 4.79 Å². The van der Waals surface area contributed by atoms with Crippen LogP contribution in [0.5, 0.6) is 0 Å². The lowest BCUT2D eigenvalue weighted by molar-refractivity contribution is 0.0943. The molecule has 1 aliphatic heterocycles. The summed E-state index contributed by atoms with van der Waals surface area (Å²) in [6, 6.07) is 7.85. The van der Waals surface area contributed by atoms with Crippen molar-refractivity contribution in [2.75, 3.05) is 12.3 Å². The zero-order chi connectivity index (χ0) is 19.0. The smallest absolute Gasteiger partial charge is 0.251 e. The minimum Gasteiger partial charge on any atom is -0.379 e. The van der Waals surface area contributed by atoms with Crippen molar-refractivity contribution in [3.05, 3.63) is 35.4 Å². The maximum absolute atomic E-state index is 12.3. The van der Waals surface area contributed by atoms with Gasteiger partial charge < -0.3 is 11.1 Å². The Hall–Kier alpha value is -1.49. The van der Waals surface area contributed by atoms with Gasteiger partial charge in [0.05, 0.1) is 5.54 Å². The molecule has 1 aromatic rings. The van der Waals surface area contributed by atoms with E-state index in [0.29, 0.717) is 11.1 Å². The monoisotopic (exact) mass is 375 g/mol. The third kappa shape index (κ3) is 5.50. The van der Waals surface area contributed by atoms with Crippen molar-refractivity contribution in [3.63, 3.8) is 0 Å². The second kappa shape index (κ2) is 10.0. The lowest BCUT2D eigenvalue weighted by Crippen LogP contribution is -2.31. The molecule has 0 saturated heterocycles. The van der Waals surface area contributed by atoms with Gasteiger partial charge in [-0.3, -0.25) is 9.79 Å². The van der Waals surface area contributed by atoms with Crippen LogP contribution in [0.1, 0.15) is 75.2 Å². The Morgan fingerprint density at radius 2 is 1.88 bits per heavy atom. The van der Waals surface area contributed by atoms with Gasteiger partial charge in [0.15, 0.2) is 5.17 Å². The SMILES string of the molecule is CC.CC1(c2ccc(C(=O)NCC3CCCCC3)cc2)CCSC(N)=N1. The highest BCUT2D eigenvalue weighted by molar-refractivity contribution is 8.13. The van der Waals surface area contributed by atoms with Gasteiger partial charge in [0.25, 0.3) is 5.91 Å². The summed E-state index contributed by atoms with van der Waals surface area (Å²) in [5.41, 5.74) is 7.46. The Morgan fingerprint density at radius 3 is 2.50 bits per heavy atom. The molecule has 1 fully saturated rings. The summed E-state index contributed by atoms with van der Waals surface area (Å²) >= 11 is 1.61. The molecule has 0 bridgehead atoms. The number of carbonyl (C=O) groups excluding carboxylic acids is 1. The summed E-state index contributed by atoms with van der Waals surface area (Å²) in [7, 11) is 0. The Morgan fingerprint density at radius 1 is 1.23 bits per heavy atom. The molecule has 1 atom stereocenters. The van der Waals surface area contributed by atoms with Crippen LogP contribution in [-0.4, -0.2) is 23.4 Å². The highest BCUT2D eigenvalue weighted by Gasteiger charge is 2.29. The van der Waals surface area contributed by atoms with Crippen LogP contribution in [0.15, 0.2) is 29.3 Å². The molecule has 0 aromatic heterocycles. The largest absolute Gasteiger partial charge is 0.379 e. The van der Waals surface area contributed by atoms with Crippen molar-refractivity contribution < 1.29 is 4.79 Å². The molecule has 1 unspecified atom stereocenters. The van der Waals surface area contributed by atoms with Crippen molar-refractivity contribution in [1.82, 2.24) is 5.32 Å². The summed E-state index contributed by atoms with van der Waals surface area (Å²) in [5, 5.41) is 3.75. The van der Waals surface area contributed by atoms with Crippen LogP contribution in [-0.2, 0) is 5.54 Å². The van der Waals surface area contributed by atoms with E-state index in [1.165, 1.54) is 32.1 Å². The van der Waals surface area contributed by atoms with Gasteiger partial charge in [-0.25, -0.2) is 0 Å². The van der Waals surface area contributed by atoms with Crippen molar-refractivity contribution >= 4 is 22.8 Å². The number of rotatable bonds is 4. The Balaban J connectivity index is 0.00000117. The molecular formula is C21H33N3OS. The summed E-state index contributed by atoms with van der Waals surface area (Å²) in [4.78, 5) is 17.0. The third-order valence-corrected chi connectivity index (χ3v) is 6.04. The number of benzene rings is 1. The average Bonchev–Trinajstić information content (AvgIpc) is 2.68. The first-order valence-electron chi connectivity index (χ1n) is 9.94. The maximum Gasteiger partial charge on any atom is 0.251 e. The van der Waals surface area contributed by atoms with Crippen molar-refractivity contribution in [2.24, 2.45) is 16.6 Å². The van der Waals surface area contributed by atoms with Gasteiger partial charge in [0.1, 0.15) is 0 Å².